The molecule has 20 heavy (non-hydrogen) atoms. The first-order valence-corrected chi connectivity index (χ1v) is 7.07. The predicted octanol–water partition coefficient (Wildman–Crippen LogP) is 3.03. The van der Waals surface area contributed by atoms with E-state index >= 15 is 0 Å². The Morgan fingerprint density at radius 1 is 1.60 bits per heavy atom. The van der Waals surface area contributed by atoms with Gasteiger partial charge < -0.3 is 15.6 Å². The zero-order valence-corrected chi connectivity index (χ0v) is 12.3. The molecular weight excluding hydrogens is 303 g/mol. The number of nitrogens with two attached hydrogens (primary N) is 1. The third-order valence-corrected chi connectivity index (χ3v) is 4.64. The van der Waals surface area contributed by atoms with Crippen molar-refractivity contribution in [3.63, 3.8) is 0 Å². The van der Waals surface area contributed by atoms with Crippen molar-refractivity contribution in [3.8, 4) is 5.75 Å². The Kier molecular flexibility index (Phi) is 4.15. The number of rotatable bonds is 4. The smallest absolute Gasteiger partial charge is 0.342 e. The van der Waals surface area contributed by atoms with E-state index in [4.69, 9.17) is 15.6 Å². The maximum Gasteiger partial charge on any atom is 0.342 e. The van der Waals surface area contributed by atoms with Gasteiger partial charge in [-0.15, -0.1) is 0 Å². The minimum Gasteiger partial charge on any atom is -0.496 e. The summed E-state index contributed by atoms with van der Waals surface area (Å²) in [5.41, 5.74) is 5.63. The molecule has 0 amide bonds. The number of carboxylic acids is 1. The van der Waals surface area contributed by atoms with Crippen molar-refractivity contribution < 1.29 is 19.0 Å². The third-order valence-electron chi connectivity index (χ3n) is 2.51. The number of halogens is 1. The summed E-state index contributed by atoms with van der Waals surface area (Å²) in [7, 11) is 1.30. The molecule has 5 nitrogen and oxygen atoms in total. The third kappa shape index (κ3) is 2.70. The molecule has 8 heteroatoms. The standard InChI is InChI=1S/C12H11FN2O3S2/c1-5-3-6(18-2)8(11(16)17)9(13)10(5)19-7-4-15-12(14)20-7/h3-4H,1-2H3,(H2,14,15)(H,16,17). The number of anilines is 1. The number of hydrogen-bond acceptors (Lipinski definition) is 6. The van der Waals surface area contributed by atoms with Crippen molar-refractivity contribution in [2.75, 3.05) is 12.8 Å². The summed E-state index contributed by atoms with van der Waals surface area (Å²) in [6.45, 7) is 1.68. The molecule has 0 saturated heterocycles. The van der Waals surface area contributed by atoms with Crippen LogP contribution in [0.2, 0.25) is 0 Å². The van der Waals surface area contributed by atoms with Gasteiger partial charge in [0.1, 0.15) is 11.3 Å². The van der Waals surface area contributed by atoms with E-state index in [0.29, 0.717) is 14.9 Å². The highest BCUT2D eigenvalue weighted by atomic mass is 32.2. The lowest BCUT2D eigenvalue weighted by Gasteiger charge is -2.12. The van der Waals surface area contributed by atoms with Gasteiger partial charge in [-0.1, -0.05) is 23.1 Å². The Morgan fingerprint density at radius 2 is 2.30 bits per heavy atom. The van der Waals surface area contributed by atoms with E-state index in [1.807, 2.05) is 0 Å². The Morgan fingerprint density at radius 3 is 2.80 bits per heavy atom. The highest BCUT2D eigenvalue weighted by molar-refractivity contribution is 8.01. The number of carboxylic acid groups (broad SMARTS) is 1. The highest BCUT2D eigenvalue weighted by Gasteiger charge is 2.23. The number of nitrogen functional groups attached to an aromatic ring is 1. The van der Waals surface area contributed by atoms with Crippen LogP contribution in [0.15, 0.2) is 21.4 Å². The van der Waals surface area contributed by atoms with Gasteiger partial charge in [-0.25, -0.2) is 14.2 Å². The van der Waals surface area contributed by atoms with Gasteiger partial charge in [0.2, 0.25) is 0 Å². The van der Waals surface area contributed by atoms with Crippen LogP contribution in [0.4, 0.5) is 9.52 Å². The number of thiazole rings is 1. The van der Waals surface area contributed by atoms with E-state index in [9.17, 15) is 9.18 Å². The van der Waals surface area contributed by atoms with Gasteiger partial charge >= 0.3 is 5.97 Å². The first kappa shape index (κ1) is 14.6. The minimum absolute atomic E-state index is 0.000619. The summed E-state index contributed by atoms with van der Waals surface area (Å²) in [6, 6.07) is 1.50. The molecule has 2 rings (SSSR count). The molecule has 0 aliphatic heterocycles. The normalized spacial score (nSPS) is 10.6. The van der Waals surface area contributed by atoms with E-state index < -0.39 is 17.3 Å². The lowest BCUT2D eigenvalue weighted by Crippen LogP contribution is -2.06. The van der Waals surface area contributed by atoms with E-state index in [1.54, 1.807) is 6.92 Å². The summed E-state index contributed by atoms with van der Waals surface area (Å²) in [5, 5.41) is 9.48. The van der Waals surface area contributed by atoms with Crippen LogP contribution in [-0.4, -0.2) is 23.2 Å². The van der Waals surface area contributed by atoms with Crippen molar-refractivity contribution in [1.29, 1.82) is 0 Å². The number of carbonyl (C=O) groups is 1. The maximum absolute atomic E-state index is 14.4. The molecule has 1 heterocycles. The highest BCUT2D eigenvalue weighted by Crippen LogP contribution is 2.39. The van der Waals surface area contributed by atoms with Gasteiger partial charge in [0.15, 0.2) is 10.9 Å². The Balaban J connectivity index is 2.53. The number of nitrogens with zero attached hydrogens (tertiary/aromatic N) is 1. The van der Waals surface area contributed by atoms with Crippen molar-refractivity contribution in [3.05, 3.63) is 29.2 Å². The van der Waals surface area contributed by atoms with Crippen LogP contribution in [0.5, 0.6) is 5.75 Å². The predicted molar refractivity (Wildman–Crippen MR) is 75.3 cm³/mol. The lowest BCUT2D eigenvalue weighted by atomic mass is 10.1. The van der Waals surface area contributed by atoms with Crippen LogP contribution < -0.4 is 10.5 Å². The number of aromatic nitrogens is 1. The second-order valence-corrected chi connectivity index (χ2v) is 6.21. The average Bonchev–Trinajstić information content (AvgIpc) is 2.78. The van der Waals surface area contributed by atoms with Gasteiger partial charge in [0.25, 0.3) is 0 Å². The van der Waals surface area contributed by atoms with Crippen LogP contribution in [0.25, 0.3) is 0 Å². The van der Waals surface area contributed by atoms with Crippen molar-refractivity contribution in [1.82, 2.24) is 4.98 Å². The van der Waals surface area contributed by atoms with E-state index in [-0.39, 0.29) is 10.6 Å². The van der Waals surface area contributed by atoms with Crippen molar-refractivity contribution in [2.45, 2.75) is 16.0 Å². The van der Waals surface area contributed by atoms with Gasteiger partial charge in [0.05, 0.1) is 22.4 Å². The zero-order chi connectivity index (χ0) is 14.9. The molecule has 0 radical (unpaired) electrons. The Hall–Kier alpha value is -1.80. The van der Waals surface area contributed by atoms with E-state index in [2.05, 4.69) is 4.98 Å². The summed E-state index contributed by atoms with van der Waals surface area (Å²) in [5.74, 6) is -2.18. The molecule has 0 aliphatic rings. The Labute approximate surface area is 122 Å². The molecule has 0 aliphatic carbocycles. The molecule has 0 bridgehead atoms. The van der Waals surface area contributed by atoms with Crippen LogP contribution in [-0.2, 0) is 0 Å². The molecule has 0 saturated carbocycles. The van der Waals surface area contributed by atoms with Gasteiger partial charge in [-0.05, 0) is 18.6 Å². The molecule has 1 aromatic heterocycles. The second kappa shape index (κ2) is 5.68. The van der Waals surface area contributed by atoms with Crippen molar-refractivity contribution >= 4 is 34.2 Å². The Bertz CT molecular complexity index is 673. The largest absolute Gasteiger partial charge is 0.496 e. The first-order valence-electron chi connectivity index (χ1n) is 5.43. The molecule has 0 spiro atoms. The molecule has 0 unspecified atom stereocenters. The number of benzene rings is 1. The molecule has 106 valence electrons. The second-order valence-electron chi connectivity index (χ2n) is 3.84. The van der Waals surface area contributed by atoms with Crippen LogP contribution >= 0.6 is 23.1 Å². The minimum atomic E-state index is -1.37. The number of aromatic carboxylic acids is 1. The van der Waals surface area contributed by atoms with Crippen molar-refractivity contribution in [2.24, 2.45) is 0 Å². The topological polar surface area (TPSA) is 85.4 Å². The fraction of sp³-hybridized carbons (Fsp3) is 0.167. The van der Waals surface area contributed by atoms with Crippen LogP contribution in [0.1, 0.15) is 15.9 Å². The van der Waals surface area contributed by atoms with Gasteiger partial charge in [-0.2, -0.15) is 0 Å². The quantitative estimate of drug-likeness (QED) is 0.902. The molecule has 0 atom stereocenters. The maximum atomic E-state index is 14.4. The molecule has 1 aromatic carbocycles. The van der Waals surface area contributed by atoms with Crippen LogP contribution in [0, 0.1) is 12.7 Å². The van der Waals surface area contributed by atoms with E-state index in [0.717, 1.165) is 11.8 Å². The van der Waals surface area contributed by atoms with E-state index in [1.165, 1.54) is 30.7 Å². The van der Waals surface area contributed by atoms with Gasteiger partial charge in [-0.3, -0.25) is 0 Å². The lowest BCUT2D eigenvalue weighted by molar-refractivity contribution is 0.0687. The van der Waals surface area contributed by atoms with Crippen LogP contribution in [0.3, 0.4) is 0 Å². The zero-order valence-electron chi connectivity index (χ0n) is 10.6. The fourth-order valence-electron chi connectivity index (χ4n) is 1.63. The number of aryl methyl sites for hydroxylation is 1. The molecule has 3 N–H and O–H groups in total. The summed E-state index contributed by atoms with van der Waals surface area (Å²) in [4.78, 5) is 15.3. The summed E-state index contributed by atoms with van der Waals surface area (Å²) >= 11 is 2.30. The number of ether oxygens (including phenoxy) is 1. The molecule has 0 fully saturated rings. The average molecular weight is 314 g/mol. The van der Waals surface area contributed by atoms with Gasteiger partial charge in [0, 0.05) is 0 Å². The monoisotopic (exact) mass is 314 g/mol. The number of hydrogen-bond donors (Lipinski definition) is 2. The first-order chi connectivity index (χ1) is 9.43. The number of methoxy groups -OCH3 is 1. The SMILES string of the molecule is COc1cc(C)c(Sc2cnc(N)s2)c(F)c1C(=O)O. The fourth-order valence-corrected chi connectivity index (χ4v) is 3.44. The molecular formula is C12H11FN2O3S2. The summed E-state index contributed by atoms with van der Waals surface area (Å²) in [6.07, 6.45) is 1.52. The molecule has 2 aromatic rings. The summed E-state index contributed by atoms with van der Waals surface area (Å²) < 4.78 is 20.0.